The maximum Gasteiger partial charge on any atom is 0.191 e. The molecule has 0 aliphatic carbocycles. The Morgan fingerprint density at radius 2 is 2.21 bits per heavy atom. The highest BCUT2D eigenvalue weighted by Crippen LogP contribution is 2.06. The van der Waals surface area contributed by atoms with Crippen LogP contribution in [-0.4, -0.2) is 34.3 Å². The normalized spacial score (nSPS) is 11.5. The summed E-state index contributed by atoms with van der Waals surface area (Å²) in [5.41, 5.74) is 1.10. The monoisotopic (exact) mass is 324 g/mol. The van der Waals surface area contributed by atoms with Gasteiger partial charge < -0.3 is 15.1 Å². The minimum absolute atomic E-state index is 0.650. The van der Waals surface area contributed by atoms with Crippen molar-refractivity contribution in [3.8, 4) is 5.82 Å². The van der Waals surface area contributed by atoms with E-state index in [1.807, 2.05) is 36.5 Å². The van der Waals surface area contributed by atoms with E-state index in [0.717, 1.165) is 36.1 Å². The van der Waals surface area contributed by atoms with Crippen molar-refractivity contribution in [2.24, 2.45) is 4.99 Å². The molecule has 0 spiro atoms. The number of rotatable bonds is 6. The van der Waals surface area contributed by atoms with Gasteiger partial charge in [0.25, 0.3) is 0 Å². The topological polar surface area (TPSA) is 80.3 Å². The van der Waals surface area contributed by atoms with Gasteiger partial charge in [0.1, 0.15) is 5.76 Å². The Balaban J connectivity index is 1.51. The van der Waals surface area contributed by atoms with Crippen molar-refractivity contribution in [1.29, 1.82) is 0 Å². The summed E-state index contributed by atoms with van der Waals surface area (Å²) in [6.07, 6.45) is 7.88. The van der Waals surface area contributed by atoms with Crippen molar-refractivity contribution < 1.29 is 4.42 Å². The molecule has 0 saturated heterocycles. The van der Waals surface area contributed by atoms with Crippen molar-refractivity contribution in [3.63, 3.8) is 0 Å². The van der Waals surface area contributed by atoms with E-state index in [-0.39, 0.29) is 0 Å². The van der Waals surface area contributed by atoms with Gasteiger partial charge in [-0.05, 0) is 35.9 Å². The molecule has 124 valence electrons. The van der Waals surface area contributed by atoms with Gasteiger partial charge in [-0.3, -0.25) is 4.99 Å². The lowest BCUT2D eigenvalue weighted by Crippen LogP contribution is -2.37. The molecule has 0 fully saturated rings. The highest BCUT2D eigenvalue weighted by atomic mass is 16.3. The van der Waals surface area contributed by atoms with Crippen LogP contribution in [0.2, 0.25) is 0 Å². The third-order valence-corrected chi connectivity index (χ3v) is 3.48. The van der Waals surface area contributed by atoms with Crippen LogP contribution < -0.4 is 10.6 Å². The molecule has 0 radical (unpaired) electrons. The fourth-order valence-corrected chi connectivity index (χ4v) is 2.27. The van der Waals surface area contributed by atoms with Crippen LogP contribution >= 0.6 is 0 Å². The van der Waals surface area contributed by atoms with E-state index in [2.05, 4.69) is 25.7 Å². The Morgan fingerprint density at radius 3 is 2.96 bits per heavy atom. The largest absolute Gasteiger partial charge is 0.469 e. The molecule has 7 heteroatoms. The van der Waals surface area contributed by atoms with E-state index in [1.54, 1.807) is 30.4 Å². The lowest BCUT2D eigenvalue weighted by molar-refractivity contribution is 0.507. The quantitative estimate of drug-likeness (QED) is 0.533. The van der Waals surface area contributed by atoms with Crippen LogP contribution in [0.3, 0.4) is 0 Å². The van der Waals surface area contributed by atoms with Gasteiger partial charge in [-0.1, -0.05) is 0 Å². The van der Waals surface area contributed by atoms with Crippen LogP contribution in [0.25, 0.3) is 5.82 Å². The number of furan rings is 1. The summed E-state index contributed by atoms with van der Waals surface area (Å²) in [6.45, 7) is 1.40. The van der Waals surface area contributed by atoms with Gasteiger partial charge in [0.2, 0.25) is 0 Å². The number of nitrogens with zero attached hydrogens (tertiary/aromatic N) is 4. The molecule has 0 aromatic carbocycles. The summed E-state index contributed by atoms with van der Waals surface area (Å²) in [5.74, 6) is 2.50. The third-order valence-electron chi connectivity index (χ3n) is 3.48. The molecule has 0 amide bonds. The number of aliphatic imine (C=N–C) groups is 1. The first-order chi connectivity index (χ1) is 11.8. The minimum Gasteiger partial charge on any atom is -0.469 e. The predicted octanol–water partition coefficient (Wildman–Crippen LogP) is 1.77. The SMILES string of the molecule is CN=C(NCCc1ccco1)NCc1ccnc(-n2cccn2)c1. The summed E-state index contributed by atoms with van der Waals surface area (Å²) in [5, 5.41) is 10.7. The zero-order valence-corrected chi connectivity index (χ0v) is 13.5. The Kier molecular flexibility index (Phi) is 5.24. The van der Waals surface area contributed by atoms with Gasteiger partial charge in [-0.2, -0.15) is 5.10 Å². The smallest absolute Gasteiger partial charge is 0.191 e. The summed E-state index contributed by atoms with van der Waals surface area (Å²) in [4.78, 5) is 8.55. The standard InChI is InChI=1S/C17H20N6O/c1-18-17(20-9-6-15-4-2-11-24-15)21-13-14-5-8-19-16(12-14)23-10-3-7-22-23/h2-5,7-8,10-12H,6,9,13H2,1H3,(H2,18,20,21). The molecular weight excluding hydrogens is 304 g/mol. The number of pyridine rings is 1. The molecule has 3 aromatic heterocycles. The molecule has 0 unspecified atom stereocenters. The summed E-state index contributed by atoms with van der Waals surface area (Å²) in [6, 6.07) is 9.69. The number of hydrogen-bond acceptors (Lipinski definition) is 4. The third kappa shape index (κ3) is 4.22. The van der Waals surface area contributed by atoms with E-state index in [4.69, 9.17) is 4.42 Å². The number of hydrogen-bond donors (Lipinski definition) is 2. The molecule has 0 bridgehead atoms. The maximum absolute atomic E-state index is 5.31. The van der Waals surface area contributed by atoms with Gasteiger partial charge in [-0.25, -0.2) is 9.67 Å². The fraction of sp³-hybridized carbons (Fsp3) is 0.235. The molecule has 0 aliphatic rings. The lowest BCUT2D eigenvalue weighted by Gasteiger charge is -2.12. The van der Waals surface area contributed by atoms with Gasteiger partial charge in [0.05, 0.1) is 6.26 Å². The molecule has 7 nitrogen and oxygen atoms in total. The van der Waals surface area contributed by atoms with Crippen molar-refractivity contribution >= 4 is 5.96 Å². The van der Waals surface area contributed by atoms with Gasteiger partial charge >= 0.3 is 0 Å². The first kappa shape index (κ1) is 15.8. The molecule has 0 atom stereocenters. The second kappa shape index (κ2) is 7.96. The summed E-state index contributed by atoms with van der Waals surface area (Å²) >= 11 is 0. The summed E-state index contributed by atoms with van der Waals surface area (Å²) < 4.78 is 7.05. The van der Waals surface area contributed by atoms with Gasteiger partial charge in [0, 0.05) is 45.1 Å². The number of nitrogens with one attached hydrogen (secondary N) is 2. The van der Waals surface area contributed by atoms with Crippen LogP contribution in [0.4, 0.5) is 0 Å². The van der Waals surface area contributed by atoms with Gasteiger partial charge in [-0.15, -0.1) is 0 Å². The van der Waals surface area contributed by atoms with Gasteiger partial charge in [0.15, 0.2) is 11.8 Å². The molecule has 3 aromatic rings. The van der Waals surface area contributed by atoms with Crippen molar-refractivity contribution in [3.05, 3.63) is 66.5 Å². The first-order valence-electron chi connectivity index (χ1n) is 7.77. The zero-order chi connectivity index (χ0) is 16.6. The van der Waals surface area contributed by atoms with Crippen LogP contribution in [0.15, 0.2) is 64.6 Å². The minimum atomic E-state index is 0.650. The molecule has 3 rings (SSSR count). The van der Waals surface area contributed by atoms with E-state index in [0.29, 0.717) is 6.54 Å². The highest BCUT2D eigenvalue weighted by Gasteiger charge is 2.02. The molecule has 0 aliphatic heterocycles. The molecule has 3 heterocycles. The summed E-state index contributed by atoms with van der Waals surface area (Å²) in [7, 11) is 1.75. The first-order valence-corrected chi connectivity index (χ1v) is 7.77. The van der Waals surface area contributed by atoms with E-state index in [9.17, 15) is 0 Å². The highest BCUT2D eigenvalue weighted by molar-refractivity contribution is 5.79. The fourth-order valence-electron chi connectivity index (χ4n) is 2.27. The lowest BCUT2D eigenvalue weighted by atomic mass is 10.2. The van der Waals surface area contributed by atoms with E-state index >= 15 is 0 Å². The average molecular weight is 324 g/mol. The second-order valence-corrected chi connectivity index (χ2v) is 5.15. The number of aromatic nitrogens is 3. The van der Waals surface area contributed by atoms with E-state index in [1.165, 1.54) is 0 Å². The van der Waals surface area contributed by atoms with Crippen molar-refractivity contribution in [2.45, 2.75) is 13.0 Å². The van der Waals surface area contributed by atoms with Crippen molar-refractivity contribution in [2.75, 3.05) is 13.6 Å². The number of guanidine groups is 1. The maximum atomic E-state index is 5.31. The Hall–Kier alpha value is -3.09. The average Bonchev–Trinajstić information content (AvgIpc) is 3.31. The molecule has 2 N–H and O–H groups in total. The molecular formula is C17H20N6O. The predicted molar refractivity (Wildman–Crippen MR) is 92.0 cm³/mol. The van der Waals surface area contributed by atoms with Crippen LogP contribution in [0, 0.1) is 0 Å². The van der Waals surface area contributed by atoms with Crippen LogP contribution in [0.5, 0.6) is 0 Å². The second-order valence-electron chi connectivity index (χ2n) is 5.15. The van der Waals surface area contributed by atoms with Crippen LogP contribution in [0.1, 0.15) is 11.3 Å². The zero-order valence-electron chi connectivity index (χ0n) is 13.5. The van der Waals surface area contributed by atoms with Crippen molar-refractivity contribution in [1.82, 2.24) is 25.4 Å². The Labute approximate surface area is 140 Å². The molecule has 0 saturated carbocycles. The Bertz CT molecular complexity index is 764. The Morgan fingerprint density at radius 1 is 1.25 bits per heavy atom. The van der Waals surface area contributed by atoms with E-state index < -0.39 is 0 Å². The molecule has 24 heavy (non-hydrogen) atoms. The van der Waals surface area contributed by atoms with Crippen LogP contribution in [-0.2, 0) is 13.0 Å².